The fraction of sp³-hybridized carbons (Fsp3) is 0.125. The Morgan fingerprint density at radius 1 is 1.06 bits per heavy atom. The summed E-state index contributed by atoms with van der Waals surface area (Å²) in [6.07, 6.45) is 0. The number of hydrogen-bond acceptors (Lipinski definition) is 4. The SMILES string of the molecule is Cc1cccc(CSc2nnc(CNC(=O)c3ccccc3Br)n2-c2cc(Cl)ccc2Cl)c1. The lowest BCUT2D eigenvalue weighted by atomic mass is 10.2. The van der Waals surface area contributed by atoms with Gasteiger partial charge < -0.3 is 5.32 Å². The first-order chi connectivity index (χ1) is 15.9. The first-order valence-electron chi connectivity index (χ1n) is 10.0. The molecule has 0 bridgehead atoms. The molecular formula is C24H19BrCl2N4OS. The molecule has 4 aromatic rings. The van der Waals surface area contributed by atoms with Crippen LogP contribution < -0.4 is 5.32 Å². The summed E-state index contributed by atoms with van der Waals surface area (Å²) in [6.45, 7) is 2.23. The molecule has 1 amide bonds. The second kappa shape index (κ2) is 10.7. The van der Waals surface area contributed by atoms with Gasteiger partial charge >= 0.3 is 0 Å². The molecule has 0 saturated heterocycles. The molecule has 1 aromatic heterocycles. The largest absolute Gasteiger partial charge is 0.345 e. The Hall–Kier alpha value is -2.32. The second-order valence-corrected chi connectivity index (χ2v) is 9.91. The molecule has 168 valence electrons. The number of rotatable bonds is 7. The maximum Gasteiger partial charge on any atom is 0.252 e. The van der Waals surface area contributed by atoms with E-state index in [4.69, 9.17) is 23.2 Å². The number of amides is 1. The average Bonchev–Trinajstić information content (AvgIpc) is 3.20. The van der Waals surface area contributed by atoms with Crippen LogP contribution in [0.4, 0.5) is 0 Å². The number of aromatic nitrogens is 3. The van der Waals surface area contributed by atoms with Crippen LogP contribution in [0.5, 0.6) is 0 Å². The van der Waals surface area contributed by atoms with Crippen molar-refractivity contribution in [3.63, 3.8) is 0 Å². The van der Waals surface area contributed by atoms with Crippen molar-refractivity contribution in [3.05, 3.63) is 104 Å². The molecule has 0 aliphatic heterocycles. The summed E-state index contributed by atoms with van der Waals surface area (Å²) in [7, 11) is 0. The quantitative estimate of drug-likeness (QED) is 0.250. The molecule has 1 heterocycles. The van der Waals surface area contributed by atoms with Crippen LogP contribution in [0, 0.1) is 6.92 Å². The first kappa shape index (κ1) is 23.8. The van der Waals surface area contributed by atoms with Crippen molar-refractivity contribution < 1.29 is 4.79 Å². The van der Waals surface area contributed by atoms with E-state index in [0.717, 1.165) is 4.47 Å². The van der Waals surface area contributed by atoms with E-state index in [-0.39, 0.29) is 12.5 Å². The molecule has 5 nitrogen and oxygen atoms in total. The Bertz CT molecular complexity index is 1310. The van der Waals surface area contributed by atoms with Crippen LogP contribution in [0.25, 0.3) is 5.69 Å². The Morgan fingerprint density at radius 2 is 1.88 bits per heavy atom. The van der Waals surface area contributed by atoms with E-state index in [0.29, 0.717) is 38.0 Å². The third-order valence-electron chi connectivity index (χ3n) is 4.83. The fourth-order valence-electron chi connectivity index (χ4n) is 3.26. The summed E-state index contributed by atoms with van der Waals surface area (Å²) in [6, 6.07) is 20.8. The topological polar surface area (TPSA) is 59.8 Å². The van der Waals surface area contributed by atoms with Crippen molar-refractivity contribution >= 4 is 56.8 Å². The molecule has 4 rings (SSSR count). The van der Waals surface area contributed by atoms with Crippen LogP contribution in [0.3, 0.4) is 0 Å². The third-order valence-corrected chi connectivity index (χ3v) is 7.07. The molecule has 0 unspecified atom stereocenters. The average molecular weight is 562 g/mol. The minimum absolute atomic E-state index is 0.168. The zero-order chi connectivity index (χ0) is 23.4. The van der Waals surface area contributed by atoms with Crippen LogP contribution in [-0.2, 0) is 12.3 Å². The first-order valence-corrected chi connectivity index (χ1v) is 12.6. The number of carbonyl (C=O) groups is 1. The van der Waals surface area contributed by atoms with Crippen LogP contribution in [0.2, 0.25) is 10.0 Å². The summed E-state index contributed by atoms with van der Waals surface area (Å²) < 4.78 is 2.56. The van der Waals surface area contributed by atoms with Crippen LogP contribution in [0.15, 0.2) is 76.4 Å². The number of benzene rings is 3. The van der Waals surface area contributed by atoms with Gasteiger partial charge in [-0.2, -0.15) is 0 Å². The number of nitrogens with one attached hydrogen (secondary N) is 1. The molecule has 0 spiro atoms. The Kier molecular flexibility index (Phi) is 7.75. The molecule has 33 heavy (non-hydrogen) atoms. The molecule has 9 heteroatoms. The molecule has 0 aliphatic carbocycles. The summed E-state index contributed by atoms with van der Waals surface area (Å²) in [5.74, 6) is 1.04. The highest BCUT2D eigenvalue weighted by molar-refractivity contribution is 9.10. The van der Waals surface area contributed by atoms with Crippen molar-refractivity contribution in [1.29, 1.82) is 0 Å². The maximum atomic E-state index is 12.7. The van der Waals surface area contributed by atoms with E-state index < -0.39 is 0 Å². The molecule has 1 N–H and O–H groups in total. The van der Waals surface area contributed by atoms with Gasteiger partial charge in [-0.1, -0.05) is 76.9 Å². The summed E-state index contributed by atoms with van der Waals surface area (Å²) in [4.78, 5) is 12.7. The lowest BCUT2D eigenvalue weighted by Crippen LogP contribution is -2.25. The zero-order valence-electron chi connectivity index (χ0n) is 17.6. The van der Waals surface area contributed by atoms with Crippen molar-refractivity contribution in [2.75, 3.05) is 0 Å². The van der Waals surface area contributed by atoms with Crippen molar-refractivity contribution in [1.82, 2.24) is 20.1 Å². The third kappa shape index (κ3) is 5.79. The van der Waals surface area contributed by atoms with Gasteiger partial charge in [0.2, 0.25) is 0 Å². The minimum Gasteiger partial charge on any atom is -0.345 e. The number of nitrogens with zero attached hydrogens (tertiary/aromatic N) is 3. The second-order valence-electron chi connectivity index (χ2n) is 7.27. The summed E-state index contributed by atoms with van der Waals surface area (Å²) in [5.41, 5.74) is 3.57. The van der Waals surface area contributed by atoms with Gasteiger partial charge in [-0.3, -0.25) is 9.36 Å². The molecule has 0 fully saturated rings. The van der Waals surface area contributed by atoms with E-state index in [1.165, 1.54) is 22.9 Å². The van der Waals surface area contributed by atoms with Crippen LogP contribution in [0.1, 0.15) is 27.3 Å². The number of aryl methyl sites for hydroxylation is 1. The lowest BCUT2D eigenvalue weighted by molar-refractivity contribution is 0.0949. The number of hydrogen-bond donors (Lipinski definition) is 1. The zero-order valence-corrected chi connectivity index (χ0v) is 21.5. The van der Waals surface area contributed by atoms with Gasteiger partial charge in [0.15, 0.2) is 11.0 Å². The Labute approximate surface area is 214 Å². The van der Waals surface area contributed by atoms with Crippen molar-refractivity contribution in [2.45, 2.75) is 24.4 Å². The Balaban J connectivity index is 1.63. The van der Waals surface area contributed by atoms with Gasteiger partial charge in [-0.25, -0.2) is 0 Å². The van der Waals surface area contributed by atoms with Gasteiger partial charge in [-0.05, 0) is 58.7 Å². The smallest absolute Gasteiger partial charge is 0.252 e. The van der Waals surface area contributed by atoms with Gasteiger partial charge in [0.25, 0.3) is 5.91 Å². The van der Waals surface area contributed by atoms with Crippen LogP contribution in [-0.4, -0.2) is 20.7 Å². The van der Waals surface area contributed by atoms with E-state index in [9.17, 15) is 4.79 Å². The molecule has 0 aliphatic rings. The van der Waals surface area contributed by atoms with Crippen molar-refractivity contribution in [3.8, 4) is 5.69 Å². The molecule has 0 radical (unpaired) electrons. The number of thioether (sulfide) groups is 1. The van der Waals surface area contributed by atoms with E-state index in [1.807, 2.05) is 28.8 Å². The minimum atomic E-state index is -0.219. The van der Waals surface area contributed by atoms with Gasteiger partial charge in [0.05, 0.1) is 22.8 Å². The van der Waals surface area contributed by atoms with E-state index in [1.54, 1.807) is 24.3 Å². The number of carbonyl (C=O) groups excluding carboxylic acids is 1. The molecule has 0 saturated carbocycles. The Morgan fingerprint density at radius 3 is 2.67 bits per heavy atom. The van der Waals surface area contributed by atoms with Gasteiger partial charge in [0, 0.05) is 15.2 Å². The van der Waals surface area contributed by atoms with Crippen LogP contribution >= 0.6 is 50.9 Å². The predicted octanol–water partition coefficient (Wildman–Crippen LogP) is 6.87. The van der Waals surface area contributed by atoms with E-state index >= 15 is 0 Å². The molecular weight excluding hydrogens is 543 g/mol. The monoisotopic (exact) mass is 560 g/mol. The highest BCUT2D eigenvalue weighted by Gasteiger charge is 2.19. The summed E-state index contributed by atoms with van der Waals surface area (Å²) >= 11 is 17.7. The van der Waals surface area contributed by atoms with E-state index in [2.05, 4.69) is 56.6 Å². The van der Waals surface area contributed by atoms with Gasteiger partial charge in [-0.15, -0.1) is 10.2 Å². The molecule has 3 aromatic carbocycles. The number of halogens is 3. The highest BCUT2D eigenvalue weighted by atomic mass is 79.9. The standard InChI is InChI=1S/C24H19BrCl2N4OS/c1-15-5-4-6-16(11-15)14-33-24-30-29-22(31(24)21-12-17(26)9-10-20(21)27)13-28-23(32)18-7-2-3-8-19(18)25/h2-12H,13-14H2,1H3,(H,28,32). The normalized spacial score (nSPS) is 10.9. The predicted molar refractivity (Wildman–Crippen MR) is 137 cm³/mol. The van der Waals surface area contributed by atoms with Gasteiger partial charge in [0.1, 0.15) is 0 Å². The lowest BCUT2D eigenvalue weighted by Gasteiger charge is -2.13. The maximum absolute atomic E-state index is 12.7. The fourth-order valence-corrected chi connectivity index (χ4v) is 5.00. The molecule has 0 atom stereocenters. The van der Waals surface area contributed by atoms with Crippen molar-refractivity contribution in [2.24, 2.45) is 0 Å². The highest BCUT2D eigenvalue weighted by Crippen LogP contribution is 2.31. The summed E-state index contributed by atoms with van der Waals surface area (Å²) in [5, 5.41) is 13.4.